The van der Waals surface area contributed by atoms with Crippen molar-refractivity contribution in [2.45, 2.75) is 4.90 Å². The molecule has 0 aliphatic heterocycles. The lowest BCUT2D eigenvalue weighted by atomic mass is 10.3. The summed E-state index contributed by atoms with van der Waals surface area (Å²) in [6.07, 6.45) is 0. The number of benzene rings is 1. The maximum Gasteiger partial charge on any atom is 0.290 e. The summed E-state index contributed by atoms with van der Waals surface area (Å²) in [5.74, 6) is 0.670. The smallest absolute Gasteiger partial charge is 0.290 e. The number of amides is 1. The number of ether oxygens (including phenoxy) is 1. The zero-order valence-corrected chi connectivity index (χ0v) is 16.8. The predicted molar refractivity (Wildman–Crippen MR) is 109 cm³/mol. The number of thioether (sulfide) groups is 1. The fraction of sp³-hybridized carbons (Fsp3) is 0.0588. The van der Waals surface area contributed by atoms with Crippen LogP contribution < -0.4 is 15.8 Å². The number of hydrogen-bond donors (Lipinski definition) is 3. The quantitative estimate of drug-likeness (QED) is 0.202. The standard InChI is InChI=1S/C17H13Cl2N3O3S2/c18-9-3-10(19)5-11(4-9)24-15-2-1-13(25-15)17(23)22-8-27-12-6-14(16(20)21)26-7-12/h1-7H,8H2,(H3,20,21)(H,22,23). The molecule has 0 atom stereocenters. The minimum atomic E-state index is -0.372. The molecule has 0 aliphatic carbocycles. The number of nitrogens with two attached hydrogens (primary N) is 1. The molecule has 1 amide bonds. The van der Waals surface area contributed by atoms with Crippen LogP contribution in [0.5, 0.6) is 11.7 Å². The van der Waals surface area contributed by atoms with Crippen molar-refractivity contribution >= 4 is 58.0 Å². The van der Waals surface area contributed by atoms with Crippen LogP contribution in [-0.2, 0) is 0 Å². The summed E-state index contributed by atoms with van der Waals surface area (Å²) in [6.45, 7) is 0. The largest absolute Gasteiger partial charge is 0.426 e. The van der Waals surface area contributed by atoms with E-state index in [1.807, 2.05) is 5.38 Å². The molecule has 0 saturated heterocycles. The Morgan fingerprint density at radius 3 is 2.67 bits per heavy atom. The summed E-state index contributed by atoms with van der Waals surface area (Å²) in [6, 6.07) is 9.61. The van der Waals surface area contributed by atoms with Crippen molar-refractivity contribution in [3.8, 4) is 11.7 Å². The number of hydrogen-bond acceptors (Lipinski definition) is 6. The van der Waals surface area contributed by atoms with E-state index in [9.17, 15) is 4.79 Å². The maximum absolute atomic E-state index is 12.2. The van der Waals surface area contributed by atoms with Crippen LogP contribution in [0.3, 0.4) is 0 Å². The van der Waals surface area contributed by atoms with Crippen LogP contribution in [0, 0.1) is 5.41 Å². The molecule has 0 saturated carbocycles. The topological polar surface area (TPSA) is 101 Å². The van der Waals surface area contributed by atoms with Gasteiger partial charge in [0, 0.05) is 26.4 Å². The lowest BCUT2D eigenvalue weighted by Crippen LogP contribution is -2.22. The van der Waals surface area contributed by atoms with Gasteiger partial charge < -0.3 is 20.2 Å². The monoisotopic (exact) mass is 441 g/mol. The highest BCUT2D eigenvalue weighted by Gasteiger charge is 2.13. The van der Waals surface area contributed by atoms with Gasteiger partial charge in [-0.25, -0.2) is 0 Å². The number of carbonyl (C=O) groups is 1. The molecule has 2 aromatic heterocycles. The van der Waals surface area contributed by atoms with Crippen LogP contribution in [0.1, 0.15) is 15.4 Å². The number of carbonyl (C=O) groups excluding carboxylic acids is 1. The Labute approximate surface area is 173 Å². The Morgan fingerprint density at radius 2 is 2.00 bits per heavy atom. The van der Waals surface area contributed by atoms with Crippen molar-refractivity contribution in [1.82, 2.24) is 5.32 Å². The van der Waals surface area contributed by atoms with Gasteiger partial charge in [-0.3, -0.25) is 10.2 Å². The summed E-state index contributed by atoms with van der Waals surface area (Å²) in [7, 11) is 0. The molecule has 2 heterocycles. The SMILES string of the molecule is N=C(N)c1cc(SCNC(=O)c2ccc(Oc3cc(Cl)cc(Cl)c3)o2)cs1. The normalized spacial score (nSPS) is 10.6. The van der Waals surface area contributed by atoms with E-state index in [2.05, 4.69) is 5.32 Å². The Balaban J connectivity index is 1.54. The van der Waals surface area contributed by atoms with Crippen molar-refractivity contribution in [3.05, 3.63) is 62.5 Å². The third-order valence-corrected chi connectivity index (χ3v) is 5.58. The van der Waals surface area contributed by atoms with Gasteiger partial charge in [0.2, 0.25) is 0 Å². The molecule has 0 radical (unpaired) electrons. The van der Waals surface area contributed by atoms with Gasteiger partial charge in [-0.1, -0.05) is 23.2 Å². The van der Waals surface area contributed by atoms with Gasteiger partial charge in [-0.2, -0.15) is 0 Å². The zero-order chi connectivity index (χ0) is 19.4. The van der Waals surface area contributed by atoms with Gasteiger partial charge in [-0.15, -0.1) is 23.1 Å². The Kier molecular flexibility index (Phi) is 6.33. The van der Waals surface area contributed by atoms with Gasteiger partial charge in [0.05, 0.1) is 10.8 Å². The first kappa shape index (κ1) is 19.6. The van der Waals surface area contributed by atoms with E-state index >= 15 is 0 Å². The minimum absolute atomic E-state index is 0.0278. The molecular weight excluding hydrogens is 429 g/mol. The number of thiophene rings is 1. The molecule has 0 unspecified atom stereocenters. The highest BCUT2D eigenvalue weighted by molar-refractivity contribution is 7.99. The van der Waals surface area contributed by atoms with E-state index in [4.69, 9.17) is 43.5 Å². The number of halogens is 2. The Morgan fingerprint density at radius 1 is 1.26 bits per heavy atom. The number of furan rings is 1. The fourth-order valence-corrected chi connectivity index (χ4v) is 4.21. The lowest BCUT2D eigenvalue weighted by molar-refractivity contribution is 0.0928. The van der Waals surface area contributed by atoms with Crippen LogP contribution in [0.25, 0.3) is 0 Å². The molecule has 1 aromatic carbocycles. The van der Waals surface area contributed by atoms with E-state index in [1.54, 1.807) is 24.3 Å². The average molecular weight is 442 g/mol. The summed E-state index contributed by atoms with van der Waals surface area (Å²) in [5, 5.41) is 12.9. The van der Waals surface area contributed by atoms with Crippen molar-refractivity contribution < 1.29 is 13.9 Å². The van der Waals surface area contributed by atoms with Crippen LogP contribution in [-0.4, -0.2) is 17.6 Å². The lowest BCUT2D eigenvalue weighted by Gasteiger charge is -2.04. The number of rotatable bonds is 7. The zero-order valence-electron chi connectivity index (χ0n) is 13.6. The Hall–Kier alpha value is -2.13. The van der Waals surface area contributed by atoms with Crippen LogP contribution in [0.15, 0.2) is 51.1 Å². The molecule has 0 bridgehead atoms. The second-order valence-corrected chi connectivity index (χ2v) is 8.01. The molecule has 4 N–H and O–H groups in total. The molecule has 3 aromatic rings. The van der Waals surface area contributed by atoms with Gasteiger partial charge in [0.1, 0.15) is 11.6 Å². The summed E-state index contributed by atoms with van der Waals surface area (Å²) in [4.78, 5) is 13.8. The van der Waals surface area contributed by atoms with Crippen molar-refractivity contribution in [2.24, 2.45) is 5.73 Å². The first-order valence-electron chi connectivity index (χ1n) is 7.48. The molecule has 140 valence electrons. The Bertz CT molecular complexity index is 967. The van der Waals surface area contributed by atoms with Crippen molar-refractivity contribution in [3.63, 3.8) is 0 Å². The first-order chi connectivity index (χ1) is 12.9. The predicted octanol–water partition coefficient (Wildman–Crippen LogP) is 5.20. The molecule has 27 heavy (non-hydrogen) atoms. The number of amidine groups is 1. The third kappa shape index (κ3) is 5.43. The number of nitrogen functional groups attached to an aromatic ring is 1. The molecule has 0 aliphatic rings. The van der Waals surface area contributed by atoms with Crippen LogP contribution >= 0.6 is 46.3 Å². The fourth-order valence-electron chi connectivity index (χ4n) is 2.01. The van der Waals surface area contributed by atoms with Gasteiger partial charge in [0.15, 0.2) is 5.76 Å². The molecule has 10 heteroatoms. The molecular formula is C17H13Cl2N3O3S2. The van der Waals surface area contributed by atoms with E-state index in [1.165, 1.54) is 35.2 Å². The number of nitrogens with one attached hydrogen (secondary N) is 2. The van der Waals surface area contributed by atoms with Crippen LogP contribution in [0.2, 0.25) is 10.0 Å². The summed E-state index contributed by atoms with van der Waals surface area (Å²) < 4.78 is 10.9. The highest BCUT2D eigenvalue weighted by atomic mass is 35.5. The van der Waals surface area contributed by atoms with Crippen molar-refractivity contribution in [1.29, 1.82) is 5.41 Å². The van der Waals surface area contributed by atoms with Gasteiger partial charge in [-0.05, 0) is 30.3 Å². The molecule has 0 fully saturated rings. The molecule has 0 spiro atoms. The second kappa shape index (κ2) is 8.71. The van der Waals surface area contributed by atoms with Crippen LogP contribution in [0.4, 0.5) is 0 Å². The first-order valence-corrected chi connectivity index (χ1v) is 10.1. The highest BCUT2D eigenvalue weighted by Crippen LogP contribution is 2.29. The van der Waals surface area contributed by atoms with Crippen molar-refractivity contribution in [2.75, 3.05) is 5.88 Å². The van der Waals surface area contributed by atoms with Gasteiger partial charge >= 0.3 is 0 Å². The summed E-state index contributed by atoms with van der Waals surface area (Å²) in [5.41, 5.74) is 5.43. The van der Waals surface area contributed by atoms with Gasteiger partial charge in [0.25, 0.3) is 11.9 Å². The third-order valence-electron chi connectivity index (χ3n) is 3.17. The van der Waals surface area contributed by atoms with E-state index in [-0.39, 0.29) is 23.4 Å². The van der Waals surface area contributed by atoms with E-state index < -0.39 is 0 Å². The second-order valence-electron chi connectivity index (χ2n) is 5.18. The maximum atomic E-state index is 12.2. The summed E-state index contributed by atoms with van der Waals surface area (Å²) >= 11 is 14.6. The molecule has 3 rings (SSSR count). The molecule has 6 nitrogen and oxygen atoms in total. The van der Waals surface area contributed by atoms with E-state index in [0.717, 1.165) is 4.90 Å². The minimum Gasteiger partial charge on any atom is -0.426 e. The average Bonchev–Trinajstić information content (AvgIpc) is 3.23. The van der Waals surface area contributed by atoms with E-state index in [0.29, 0.717) is 26.5 Å².